The van der Waals surface area contributed by atoms with E-state index in [1.54, 1.807) is 24.3 Å². The zero-order chi connectivity index (χ0) is 24.7. The molecular weight excluding hydrogens is 436 g/mol. The van der Waals surface area contributed by atoms with Crippen LogP contribution < -0.4 is 9.47 Å². The van der Waals surface area contributed by atoms with E-state index in [4.69, 9.17) is 14.2 Å². The Bertz CT molecular complexity index is 1060. The molecule has 7 nitrogen and oxygen atoms in total. The molecule has 3 rings (SSSR count). The number of ketones is 2. The minimum Gasteiger partial charge on any atom is -0.507 e. The van der Waals surface area contributed by atoms with E-state index in [-0.39, 0.29) is 35.6 Å². The molecule has 0 aliphatic heterocycles. The number of Topliss-reactive ketones (excluding diaryl/α,β-unsaturated/α-hetero) is 2. The summed E-state index contributed by atoms with van der Waals surface area (Å²) in [5, 5.41) is 10.4. The van der Waals surface area contributed by atoms with Gasteiger partial charge in [-0.3, -0.25) is 14.4 Å². The number of rotatable bonds is 11. The minimum absolute atomic E-state index is 0.000492. The number of ether oxygens (including phenoxy) is 3. The van der Waals surface area contributed by atoms with Crippen molar-refractivity contribution in [2.45, 2.75) is 52.4 Å². The molecule has 1 atom stereocenters. The molecule has 1 N–H and O–H groups in total. The predicted molar refractivity (Wildman–Crippen MR) is 127 cm³/mol. The molecule has 182 valence electrons. The highest BCUT2D eigenvalue weighted by molar-refractivity contribution is 6.01. The third-order valence-corrected chi connectivity index (χ3v) is 6.05. The first-order valence-electron chi connectivity index (χ1n) is 11.7. The molecular formula is C27H32O7. The van der Waals surface area contributed by atoms with Crippen molar-refractivity contribution in [3.63, 3.8) is 0 Å². The van der Waals surface area contributed by atoms with Crippen LogP contribution in [0.3, 0.4) is 0 Å². The van der Waals surface area contributed by atoms with Crippen LogP contribution in [0, 0.1) is 5.92 Å². The SMILES string of the molecule is CCCc1c(OCCCOc2ccc3c(c2)CCC(CC(=O)OC)C3=O)ccc(C(C)=O)c1O. The molecule has 1 unspecified atom stereocenters. The Morgan fingerprint density at radius 2 is 1.88 bits per heavy atom. The summed E-state index contributed by atoms with van der Waals surface area (Å²) in [5.41, 5.74) is 2.54. The standard InChI is InChI=1S/C27H32O7/c1-4-6-23-24(12-11-21(17(2)28)27(23)31)34-14-5-13-33-20-9-10-22-18(15-20)7-8-19(26(22)30)16-25(29)32-3/h9-12,15,19,31H,4-8,13-14,16H2,1-3H3. The van der Waals surface area contributed by atoms with E-state index in [1.807, 2.05) is 13.0 Å². The average Bonchev–Trinajstić information content (AvgIpc) is 2.82. The molecule has 0 saturated carbocycles. The number of phenols is 1. The maximum Gasteiger partial charge on any atom is 0.306 e. The van der Waals surface area contributed by atoms with Crippen molar-refractivity contribution in [1.82, 2.24) is 0 Å². The number of carbonyl (C=O) groups excluding carboxylic acids is 3. The lowest BCUT2D eigenvalue weighted by Crippen LogP contribution is -2.25. The second-order valence-electron chi connectivity index (χ2n) is 8.49. The van der Waals surface area contributed by atoms with Crippen molar-refractivity contribution in [1.29, 1.82) is 0 Å². The van der Waals surface area contributed by atoms with Gasteiger partial charge in [0.25, 0.3) is 0 Å². The number of hydrogen-bond donors (Lipinski definition) is 1. The Morgan fingerprint density at radius 3 is 2.59 bits per heavy atom. The van der Waals surface area contributed by atoms with E-state index < -0.39 is 0 Å². The van der Waals surface area contributed by atoms with E-state index in [9.17, 15) is 19.5 Å². The first kappa shape index (κ1) is 25.3. The van der Waals surface area contributed by atoms with Gasteiger partial charge in [0.1, 0.15) is 17.2 Å². The lowest BCUT2D eigenvalue weighted by Gasteiger charge is -2.23. The van der Waals surface area contributed by atoms with Gasteiger partial charge in [-0.05, 0) is 62.1 Å². The van der Waals surface area contributed by atoms with Gasteiger partial charge < -0.3 is 19.3 Å². The molecule has 7 heteroatoms. The van der Waals surface area contributed by atoms with Crippen LogP contribution in [0.25, 0.3) is 0 Å². The van der Waals surface area contributed by atoms with Crippen LogP contribution in [-0.4, -0.2) is 43.0 Å². The van der Waals surface area contributed by atoms with E-state index in [0.29, 0.717) is 67.1 Å². The van der Waals surface area contributed by atoms with Crippen LogP contribution in [0.4, 0.5) is 0 Å². The van der Waals surface area contributed by atoms with E-state index >= 15 is 0 Å². The molecule has 2 aromatic rings. The molecule has 0 amide bonds. The molecule has 0 heterocycles. The molecule has 1 aliphatic carbocycles. The predicted octanol–water partition coefficient (Wildman–Crippen LogP) is 4.70. The smallest absolute Gasteiger partial charge is 0.306 e. The first-order chi connectivity index (χ1) is 16.3. The van der Waals surface area contributed by atoms with Crippen LogP contribution in [0.5, 0.6) is 17.2 Å². The van der Waals surface area contributed by atoms with Gasteiger partial charge in [0.05, 0.1) is 32.3 Å². The minimum atomic E-state index is -0.365. The zero-order valence-electron chi connectivity index (χ0n) is 20.0. The van der Waals surface area contributed by atoms with Gasteiger partial charge in [-0.2, -0.15) is 0 Å². The number of hydrogen-bond acceptors (Lipinski definition) is 7. The maximum atomic E-state index is 12.7. The molecule has 34 heavy (non-hydrogen) atoms. The fraction of sp³-hybridized carbons (Fsp3) is 0.444. The highest BCUT2D eigenvalue weighted by atomic mass is 16.5. The molecule has 0 spiro atoms. The Morgan fingerprint density at radius 1 is 1.12 bits per heavy atom. The van der Waals surface area contributed by atoms with Crippen molar-refractivity contribution in [2.24, 2.45) is 5.92 Å². The lowest BCUT2D eigenvalue weighted by molar-refractivity contribution is -0.141. The van der Waals surface area contributed by atoms with Crippen molar-refractivity contribution in [3.8, 4) is 17.2 Å². The highest BCUT2D eigenvalue weighted by Gasteiger charge is 2.29. The van der Waals surface area contributed by atoms with E-state index in [0.717, 1.165) is 12.0 Å². The summed E-state index contributed by atoms with van der Waals surface area (Å²) in [7, 11) is 1.33. The molecule has 1 aliphatic rings. The first-order valence-corrected chi connectivity index (χ1v) is 11.7. The van der Waals surface area contributed by atoms with Crippen LogP contribution in [0.15, 0.2) is 30.3 Å². The number of fused-ring (bicyclic) bond motifs is 1. The zero-order valence-corrected chi connectivity index (χ0v) is 20.0. The van der Waals surface area contributed by atoms with E-state index in [1.165, 1.54) is 14.0 Å². The summed E-state index contributed by atoms with van der Waals surface area (Å²) < 4.78 is 16.4. The lowest BCUT2D eigenvalue weighted by atomic mass is 9.81. The monoisotopic (exact) mass is 468 g/mol. The van der Waals surface area contributed by atoms with Gasteiger partial charge in [-0.1, -0.05) is 13.3 Å². The highest BCUT2D eigenvalue weighted by Crippen LogP contribution is 2.33. The summed E-state index contributed by atoms with van der Waals surface area (Å²) in [6, 6.07) is 8.75. The number of aryl methyl sites for hydroxylation is 1. The Balaban J connectivity index is 1.53. The molecule has 0 aromatic heterocycles. The summed E-state index contributed by atoms with van der Waals surface area (Å²) in [6.07, 6.45) is 3.50. The number of aromatic hydroxyl groups is 1. The average molecular weight is 469 g/mol. The third-order valence-electron chi connectivity index (χ3n) is 6.05. The van der Waals surface area contributed by atoms with Gasteiger partial charge in [-0.25, -0.2) is 0 Å². The Hall–Kier alpha value is -3.35. The largest absolute Gasteiger partial charge is 0.507 e. The third kappa shape index (κ3) is 5.95. The molecule has 2 aromatic carbocycles. The van der Waals surface area contributed by atoms with Crippen LogP contribution in [-0.2, 0) is 22.4 Å². The number of phenolic OH excluding ortho intramolecular Hbond substituents is 1. The van der Waals surface area contributed by atoms with Gasteiger partial charge in [-0.15, -0.1) is 0 Å². The van der Waals surface area contributed by atoms with E-state index in [2.05, 4.69) is 0 Å². The van der Waals surface area contributed by atoms with Crippen molar-refractivity contribution in [3.05, 3.63) is 52.6 Å². The number of carbonyl (C=O) groups is 3. The number of benzene rings is 2. The fourth-order valence-corrected chi connectivity index (χ4v) is 4.23. The van der Waals surface area contributed by atoms with Gasteiger partial charge in [0, 0.05) is 23.5 Å². The normalized spacial score (nSPS) is 14.9. The summed E-state index contributed by atoms with van der Waals surface area (Å²) in [6.45, 7) is 4.26. The van der Waals surface area contributed by atoms with Crippen LogP contribution in [0.1, 0.15) is 71.4 Å². The summed E-state index contributed by atoms with van der Waals surface area (Å²) in [5.74, 6) is 0.377. The van der Waals surface area contributed by atoms with Crippen molar-refractivity contribution in [2.75, 3.05) is 20.3 Å². The second kappa shape index (κ2) is 11.7. The van der Waals surface area contributed by atoms with Crippen molar-refractivity contribution >= 4 is 17.5 Å². The topological polar surface area (TPSA) is 99.1 Å². The molecule has 0 bridgehead atoms. The van der Waals surface area contributed by atoms with Crippen LogP contribution >= 0.6 is 0 Å². The fourth-order valence-electron chi connectivity index (χ4n) is 4.23. The summed E-state index contributed by atoms with van der Waals surface area (Å²) >= 11 is 0. The Kier molecular flexibility index (Phi) is 8.68. The van der Waals surface area contributed by atoms with Crippen molar-refractivity contribution < 1.29 is 33.7 Å². The maximum absolute atomic E-state index is 12.7. The number of methoxy groups -OCH3 is 1. The Labute approximate surface area is 200 Å². The van der Waals surface area contributed by atoms with Gasteiger partial charge >= 0.3 is 5.97 Å². The molecule has 0 saturated heterocycles. The second-order valence-corrected chi connectivity index (χ2v) is 8.49. The molecule has 0 radical (unpaired) electrons. The summed E-state index contributed by atoms with van der Waals surface area (Å²) in [4.78, 5) is 35.9. The quantitative estimate of drug-likeness (QED) is 0.290. The van der Waals surface area contributed by atoms with Gasteiger partial charge in [0.2, 0.25) is 0 Å². The van der Waals surface area contributed by atoms with Crippen LogP contribution in [0.2, 0.25) is 0 Å². The number of esters is 1. The molecule has 0 fully saturated rings. The van der Waals surface area contributed by atoms with Gasteiger partial charge in [0.15, 0.2) is 11.6 Å².